The number of aliphatic hydroxyl groups is 1. The van der Waals surface area contributed by atoms with Gasteiger partial charge in [-0.15, -0.1) is 0 Å². The van der Waals surface area contributed by atoms with Crippen molar-refractivity contribution in [3.63, 3.8) is 0 Å². The largest absolute Gasteiger partial charge is 0.447 e. The zero-order valence-electron chi connectivity index (χ0n) is 9.47. The molecular formula is C12H19NO3. The lowest BCUT2D eigenvalue weighted by atomic mass is 9.67. The molecule has 0 aromatic heterocycles. The van der Waals surface area contributed by atoms with Crippen molar-refractivity contribution in [1.29, 1.82) is 0 Å². The van der Waals surface area contributed by atoms with Crippen LogP contribution in [0, 0.1) is 17.8 Å². The molecular weight excluding hydrogens is 206 g/mol. The molecule has 1 amide bonds. The summed E-state index contributed by atoms with van der Waals surface area (Å²) in [5.74, 6) is 1.44. The van der Waals surface area contributed by atoms with Crippen LogP contribution < -0.4 is 0 Å². The second-order valence-electron chi connectivity index (χ2n) is 5.35. The molecule has 0 aromatic carbocycles. The highest BCUT2D eigenvalue weighted by atomic mass is 16.6. The number of hydrogen-bond donors (Lipinski definition) is 1. The van der Waals surface area contributed by atoms with Crippen molar-refractivity contribution in [2.75, 3.05) is 19.8 Å². The van der Waals surface area contributed by atoms with E-state index in [0.29, 0.717) is 18.4 Å². The van der Waals surface area contributed by atoms with Gasteiger partial charge in [0.1, 0.15) is 6.61 Å². The van der Waals surface area contributed by atoms with E-state index < -0.39 is 0 Å². The van der Waals surface area contributed by atoms with Crippen molar-refractivity contribution < 1.29 is 14.6 Å². The minimum atomic E-state index is -0.174. The van der Waals surface area contributed by atoms with Crippen molar-refractivity contribution >= 4 is 6.09 Å². The first-order chi connectivity index (χ1) is 7.81. The van der Waals surface area contributed by atoms with Crippen molar-refractivity contribution in [2.24, 2.45) is 17.8 Å². The van der Waals surface area contributed by atoms with E-state index in [4.69, 9.17) is 4.74 Å². The van der Waals surface area contributed by atoms with Crippen molar-refractivity contribution in [3.05, 3.63) is 0 Å². The molecule has 2 aliphatic heterocycles. The van der Waals surface area contributed by atoms with Crippen LogP contribution in [0.1, 0.15) is 25.7 Å². The number of ether oxygens (including phenoxy) is 1. The lowest BCUT2D eigenvalue weighted by Gasteiger charge is -2.46. The first kappa shape index (κ1) is 10.4. The monoisotopic (exact) mass is 225 g/mol. The van der Waals surface area contributed by atoms with Gasteiger partial charge < -0.3 is 14.7 Å². The SMILES string of the molecule is O=C1OC[C@@H]2C(CO)C3CCCCC3CN12. The molecule has 4 nitrogen and oxygen atoms in total. The van der Waals surface area contributed by atoms with Crippen LogP contribution in [-0.4, -0.2) is 41.9 Å². The van der Waals surface area contributed by atoms with Gasteiger partial charge in [-0.1, -0.05) is 12.8 Å². The normalized spacial score (nSPS) is 42.6. The lowest BCUT2D eigenvalue weighted by molar-refractivity contribution is -0.00383. The van der Waals surface area contributed by atoms with Gasteiger partial charge >= 0.3 is 6.09 Å². The number of cyclic esters (lactones) is 1. The van der Waals surface area contributed by atoms with E-state index >= 15 is 0 Å². The maximum absolute atomic E-state index is 11.6. The minimum Gasteiger partial charge on any atom is -0.447 e. The van der Waals surface area contributed by atoms with Gasteiger partial charge in [-0.05, 0) is 24.7 Å². The summed E-state index contributed by atoms with van der Waals surface area (Å²) in [6.07, 6.45) is 4.80. The first-order valence-corrected chi connectivity index (χ1v) is 6.35. The van der Waals surface area contributed by atoms with Crippen molar-refractivity contribution in [3.8, 4) is 0 Å². The molecule has 1 N–H and O–H groups in total. The van der Waals surface area contributed by atoms with Gasteiger partial charge in [0.15, 0.2) is 0 Å². The molecule has 0 bridgehead atoms. The van der Waals surface area contributed by atoms with Crippen LogP contribution in [0.25, 0.3) is 0 Å². The van der Waals surface area contributed by atoms with Crippen LogP contribution in [0.2, 0.25) is 0 Å². The number of fused-ring (bicyclic) bond motifs is 2. The summed E-state index contributed by atoms with van der Waals surface area (Å²) in [4.78, 5) is 13.4. The number of piperidine rings is 1. The third-order valence-electron chi connectivity index (χ3n) is 4.67. The van der Waals surface area contributed by atoms with Crippen LogP contribution in [0.3, 0.4) is 0 Å². The number of nitrogens with zero attached hydrogens (tertiary/aromatic N) is 1. The molecule has 3 rings (SSSR count). The maximum Gasteiger partial charge on any atom is 0.410 e. The molecule has 3 unspecified atom stereocenters. The summed E-state index contributed by atoms with van der Waals surface area (Å²) in [5.41, 5.74) is 0. The van der Waals surface area contributed by atoms with Crippen molar-refractivity contribution in [2.45, 2.75) is 31.7 Å². The molecule has 3 aliphatic rings. The average molecular weight is 225 g/mol. The van der Waals surface area contributed by atoms with Crippen molar-refractivity contribution in [1.82, 2.24) is 4.90 Å². The Balaban J connectivity index is 1.84. The molecule has 90 valence electrons. The Morgan fingerprint density at radius 1 is 1.38 bits per heavy atom. The zero-order chi connectivity index (χ0) is 11.1. The Labute approximate surface area is 95.6 Å². The fourth-order valence-electron chi connectivity index (χ4n) is 3.85. The highest BCUT2D eigenvalue weighted by Gasteiger charge is 2.49. The Bertz CT molecular complexity index is 294. The third kappa shape index (κ3) is 1.43. The Morgan fingerprint density at radius 2 is 2.19 bits per heavy atom. The Kier molecular flexibility index (Phi) is 2.54. The van der Waals surface area contributed by atoms with Gasteiger partial charge in [-0.2, -0.15) is 0 Å². The van der Waals surface area contributed by atoms with Gasteiger partial charge in [0.2, 0.25) is 0 Å². The fourth-order valence-corrected chi connectivity index (χ4v) is 3.85. The summed E-state index contributed by atoms with van der Waals surface area (Å²) >= 11 is 0. The molecule has 0 radical (unpaired) electrons. The smallest absolute Gasteiger partial charge is 0.410 e. The molecule has 0 spiro atoms. The molecule has 4 heteroatoms. The second-order valence-corrected chi connectivity index (χ2v) is 5.35. The minimum absolute atomic E-state index is 0.136. The summed E-state index contributed by atoms with van der Waals surface area (Å²) in [5, 5.41) is 9.57. The van der Waals surface area contributed by atoms with Gasteiger partial charge in [-0.3, -0.25) is 0 Å². The zero-order valence-corrected chi connectivity index (χ0v) is 9.47. The number of aliphatic hydroxyl groups excluding tert-OH is 1. The van der Waals surface area contributed by atoms with E-state index in [9.17, 15) is 9.90 Å². The molecule has 2 heterocycles. The Hall–Kier alpha value is -0.770. The topological polar surface area (TPSA) is 49.8 Å². The van der Waals surface area contributed by atoms with E-state index in [-0.39, 0.29) is 24.7 Å². The molecule has 1 aliphatic carbocycles. The summed E-state index contributed by atoms with van der Waals surface area (Å²) in [6.45, 7) is 1.52. The highest BCUT2D eigenvalue weighted by Crippen LogP contribution is 2.43. The number of amides is 1. The van der Waals surface area contributed by atoms with E-state index in [1.54, 1.807) is 0 Å². The molecule has 16 heavy (non-hydrogen) atoms. The number of carbonyl (C=O) groups excluding carboxylic acids is 1. The van der Waals surface area contributed by atoms with E-state index in [0.717, 1.165) is 6.54 Å². The lowest BCUT2D eigenvalue weighted by Crippen LogP contribution is -2.54. The molecule has 0 aromatic rings. The number of carbonyl (C=O) groups is 1. The quantitative estimate of drug-likeness (QED) is 0.730. The Morgan fingerprint density at radius 3 is 3.00 bits per heavy atom. The predicted octanol–water partition coefficient (Wildman–Crippen LogP) is 1.24. The van der Waals surface area contributed by atoms with Crippen LogP contribution >= 0.6 is 0 Å². The first-order valence-electron chi connectivity index (χ1n) is 6.35. The van der Waals surface area contributed by atoms with Gasteiger partial charge in [-0.25, -0.2) is 4.79 Å². The summed E-state index contributed by atoms with van der Waals surface area (Å²) in [7, 11) is 0. The fraction of sp³-hybridized carbons (Fsp3) is 0.917. The molecule has 1 saturated carbocycles. The summed E-state index contributed by atoms with van der Waals surface area (Å²) in [6, 6.07) is 0.136. The summed E-state index contributed by atoms with van der Waals surface area (Å²) < 4.78 is 5.11. The van der Waals surface area contributed by atoms with Crippen LogP contribution in [0.5, 0.6) is 0 Å². The predicted molar refractivity (Wildman–Crippen MR) is 57.9 cm³/mol. The number of rotatable bonds is 1. The third-order valence-corrected chi connectivity index (χ3v) is 4.67. The standard InChI is InChI=1S/C12H19NO3/c14-6-10-9-4-2-1-3-8(9)5-13-11(10)7-16-12(13)15/h8-11,14H,1-7H2/t8?,9?,10?,11-/m1/s1. The van der Waals surface area contributed by atoms with Crippen LogP contribution in [0.4, 0.5) is 4.79 Å². The van der Waals surface area contributed by atoms with E-state index in [1.165, 1.54) is 25.7 Å². The molecule has 2 saturated heterocycles. The van der Waals surface area contributed by atoms with E-state index in [2.05, 4.69) is 0 Å². The molecule has 3 fully saturated rings. The second kappa shape index (κ2) is 3.91. The maximum atomic E-state index is 11.6. The molecule has 4 atom stereocenters. The van der Waals surface area contributed by atoms with Gasteiger partial charge in [0, 0.05) is 19.1 Å². The van der Waals surface area contributed by atoms with Gasteiger partial charge in [0.05, 0.1) is 6.04 Å². The number of hydrogen-bond acceptors (Lipinski definition) is 3. The van der Waals surface area contributed by atoms with E-state index in [1.807, 2.05) is 4.90 Å². The highest BCUT2D eigenvalue weighted by molar-refractivity contribution is 5.70. The van der Waals surface area contributed by atoms with Gasteiger partial charge in [0.25, 0.3) is 0 Å². The average Bonchev–Trinajstić information content (AvgIpc) is 2.68. The van der Waals surface area contributed by atoms with Crippen LogP contribution in [-0.2, 0) is 4.74 Å². The van der Waals surface area contributed by atoms with Crippen LogP contribution in [0.15, 0.2) is 0 Å².